The summed E-state index contributed by atoms with van der Waals surface area (Å²) in [6, 6.07) is 13.9. The van der Waals surface area contributed by atoms with Gasteiger partial charge >= 0.3 is 0 Å². The quantitative estimate of drug-likeness (QED) is 0.232. The molecule has 1 aliphatic heterocycles. The van der Waals surface area contributed by atoms with Crippen LogP contribution in [-0.2, 0) is 20.6 Å². The minimum absolute atomic E-state index is 0.0180. The lowest BCUT2D eigenvalue weighted by atomic mass is 9.81. The van der Waals surface area contributed by atoms with Gasteiger partial charge < -0.3 is 26.0 Å². The highest BCUT2D eigenvalue weighted by Gasteiger charge is 2.52. The van der Waals surface area contributed by atoms with E-state index in [9.17, 15) is 23.9 Å². The molecule has 1 aliphatic carbocycles. The number of ether oxygens (including phenoxy) is 2. The van der Waals surface area contributed by atoms with Crippen LogP contribution in [0, 0.1) is 5.82 Å². The van der Waals surface area contributed by atoms with Crippen LogP contribution in [0.15, 0.2) is 60.8 Å². The SMILES string of the molecule is C[C@](O)(CCC(=O)c1cc(OC2(C(N)=O)CC2)c2ncccc2c1)c1cc2c(c(-c3ccc(F)cc3)n1)OC[C@]2(C)C(N)=O. The van der Waals surface area contributed by atoms with Gasteiger partial charge in [-0.25, -0.2) is 9.37 Å². The summed E-state index contributed by atoms with van der Waals surface area (Å²) in [6.45, 7) is 3.16. The van der Waals surface area contributed by atoms with Gasteiger partial charge in [0.25, 0.3) is 5.91 Å². The number of fused-ring (bicyclic) bond motifs is 2. The Morgan fingerprint density at radius 3 is 2.48 bits per heavy atom. The summed E-state index contributed by atoms with van der Waals surface area (Å²) >= 11 is 0. The molecule has 0 bridgehead atoms. The van der Waals surface area contributed by atoms with Gasteiger partial charge in [-0.2, -0.15) is 0 Å². The van der Waals surface area contributed by atoms with E-state index in [1.54, 1.807) is 43.5 Å². The Balaban J connectivity index is 1.32. The van der Waals surface area contributed by atoms with Crippen molar-refractivity contribution in [3.05, 3.63) is 83.4 Å². The molecule has 11 heteroatoms. The van der Waals surface area contributed by atoms with Gasteiger partial charge in [-0.1, -0.05) is 6.07 Å². The number of amides is 2. The molecule has 226 valence electrons. The fourth-order valence-corrected chi connectivity index (χ4v) is 5.42. The molecule has 6 rings (SSSR count). The van der Waals surface area contributed by atoms with Crippen LogP contribution in [0.2, 0.25) is 0 Å². The second-order valence-electron chi connectivity index (χ2n) is 11.9. The number of halogens is 1. The third kappa shape index (κ3) is 5.02. The molecule has 4 aromatic rings. The summed E-state index contributed by atoms with van der Waals surface area (Å²) in [4.78, 5) is 47.0. The number of nitrogens with zero attached hydrogens (tertiary/aromatic N) is 2. The summed E-state index contributed by atoms with van der Waals surface area (Å²) in [7, 11) is 0. The second-order valence-corrected chi connectivity index (χ2v) is 11.9. The Hall–Kier alpha value is -4.90. The van der Waals surface area contributed by atoms with Crippen molar-refractivity contribution >= 4 is 28.5 Å². The molecular weight excluding hydrogens is 567 g/mol. The van der Waals surface area contributed by atoms with Crippen LogP contribution in [0.25, 0.3) is 22.2 Å². The van der Waals surface area contributed by atoms with E-state index in [0.717, 1.165) is 0 Å². The maximum atomic E-state index is 13.7. The van der Waals surface area contributed by atoms with Gasteiger partial charge in [0.1, 0.15) is 46.1 Å². The number of carbonyl (C=O) groups is 3. The zero-order valence-electron chi connectivity index (χ0n) is 24.2. The van der Waals surface area contributed by atoms with Gasteiger partial charge in [-0.15, -0.1) is 0 Å². The number of hydrogen-bond donors (Lipinski definition) is 3. The molecule has 2 atom stereocenters. The number of nitrogens with two attached hydrogens (primary N) is 2. The number of ketones is 1. The topological polar surface area (TPSA) is 168 Å². The smallest absolute Gasteiger partial charge is 0.261 e. The van der Waals surface area contributed by atoms with Crippen LogP contribution in [0.3, 0.4) is 0 Å². The number of hydrogen-bond acceptors (Lipinski definition) is 8. The number of primary amides is 2. The fourth-order valence-electron chi connectivity index (χ4n) is 5.42. The first-order valence-corrected chi connectivity index (χ1v) is 14.2. The standard InChI is InChI=1S/C33H31FN4O6/c1-31(29(35)40)17-43-28-22(31)16-25(38-27(28)18-5-7-21(34)8-6-18)32(2,42)10-9-23(39)20-14-19-4-3-13-37-26(19)24(15-20)44-33(11-12-33)30(36)41/h3-8,13-16,42H,9-12,17H2,1-2H3,(H2,35,40)(H2,36,41)/t31-,32-/m0/s1. The van der Waals surface area contributed by atoms with E-state index >= 15 is 0 Å². The highest BCUT2D eigenvalue weighted by atomic mass is 19.1. The number of carbonyl (C=O) groups excluding carboxylic acids is 3. The zero-order chi connectivity index (χ0) is 31.4. The summed E-state index contributed by atoms with van der Waals surface area (Å²) in [5.74, 6) is -1.29. The van der Waals surface area contributed by atoms with Crippen molar-refractivity contribution in [1.29, 1.82) is 0 Å². The zero-order valence-corrected chi connectivity index (χ0v) is 24.2. The molecule has 5 N–H and O–H groups in total. The molecule has 2 amide bonds. The molecule has 0 unspecified atom stereocenters. The first-order chi connectivity index (χ1) is 20.8. The van der Waals surface area contributed by atoms with Crippen LogP contribution in [0.5, 0.6) is 11.5 Å². The Bertz CT molecular complexity index is 1840. The van der Waals surface area contributed by atoms with Crippen molar-refractivity contribution in [2.24, 2.45) is 11.5 Å². The molecule has 2 aromatic carbocycles. The second kappa shape index (κ2) is 10.4. The molecule has 1 fully saturated rings. The predicted molar refractivity (Wildman–Crippen MR) is 158 cm³/mol. The normalized spacial score (nSPS) is 19.5. The van der Waals surface area contributed by atoms with E-state index in [4.69, 9.17) is 20.9 Å². The molecule has 44 heavy (non-hydrogen) atoms. The van der Waals surface area contributed by atoms with Crippen molar-refractivity contribution in [2.45, 2.75) is 56.1 Å². The maximum absolute atomic E-state index is 13.7. The minimum atomic E-state index is -1.62. The monoisotopic (exact) mass is 598 g/mol. The number of Topliss-reactive ketones (excluding diaryl/α,β-unsaturated/α-hetero) is 1. The molecule has 2 aliphatic rings. The number of aliphatic hydroxyl groups is 1. The molecule has 0 radical (unpaired) electrons. The van der Waals surface area contributed by atoms with Crippen molar-refractivity contribution < 1.29 is 33.4 Å². The van der Waals surface area contributed by atoms with Crippen molar-refractivity contribution in [3.63, 3.8) is 0 Å². The van der Waals surface area contributed by atoms with Crippen molar-refractivity contribution in [2.75, 3.05) is 6.61 Å². The molecule has 10 nitrogen and oxygen atoms in total. The van der Waals surface area contributed by atoms with Gasteiger partial charge in [0.05, 0.1) is 5.69 Å². The van der Waals surface area contributed by atoms with E-state index in [0.29, 0.717) is 51.9 Å². The molecule has 0 spiro atoms. The number of pyridine rings is 2. The molecule has 0 saturated heterocycles. The lowest BCUT2D eigenvalue weighted by Gasteiger charge is -2.26. The summed E-state index contributed by atoms with van der Waals surface area (Å²) in [5.41, 5.74) is 9.70. The van der Waals surface area contributed by atoms with Crippen LogP contribution in [-0.4, -0.2) is 44.9 Å². The van der Waals surface area contributed by atoms with Crippen LogP contribution in [0.1, 0.15) is 61.1 Å². The van der Waals surface area contributed by atoms with Gasteiger partial charge in [0, 0.05) is 47.5 Å². The fraction of sp³-hybridized carbons (Fsp3) is 0.303. The number of rotatable bonds is 10. The van der Waals surface area contributed by atoms with Crippen LogP contribution < -0.4 is 20.9 Å². The van der Waals surface area contributed by atoms with Crippen molar-refractivity contribution in [1.82, 2.24) is 9.97 Å². The van der Waals surface area contributed by atoms with Gasteiger partial charge in [-0.3, -0.25) is 19.4 Å². The van der Waals surface area contributed by atoms with Crippen molar-refractivity contribution in [3.8, 4) is 22.8 Å². The summed E-state index contributed by atoms with van der Waals surface area (Å²) in [6.07, 6.45) is 2.45. The van der Waals surface area contributed by atoms with E-state index in [-0.39, 0.29) is 36.7 Å². The first kappa shape index (κ1) is 29.2. The Kier molecular flexibility index (Phi) is 6.88. The first-order valence-electron chi connectivity index (χ1n) is 14.2. The lowest BCUT2D eigenvalue weighted by molar-refractivity contribution is -0.126. The van der Waals surface area contributed by atoms with E-state index < -0.39 is 34.2 Å². The third-order valence-electron chi connectivity index (χ3n) is 8.58. The van der Waals surface area contributed by atoms with Gasteiger partial charge in [0.15, 0.2) is 11.4 Å². The highest BCUT2D eigenvalue weighted by Crippen LogP contribution is 2.46. The van der Waals surface area contributed by atoms with E-state index in [1.165, 1.54) is 31.2 Å². The minimum Gasteiger partial charge on any atom is -0.489 e. The molecule has 1 saturated carbocycles. The molecule has 2 aromatic heterocycles. The predicted octanol–water partition coefficient (Wildman–Crippen LogP) is 3.84. The largest absolute Gasteiger partial charge is 0.489 e. The Morgan fingerprint density at radius 2 is 1.82 bits per heavy atom. The maximum Gasteiger partial charge on any atom is 0.261 e. The average molecular weight is 599 g/mol. The number of benzene rings is 2. The highest BCUT2D eigenvalue weighted by molar-refractivity contribution is 6.01. The summed E-state index contributed by atoms with van der Waals surface area (Å²) < 4.78 is 25.6. The van der Waals surface area contributed by atoms with Gasteiger partial charge in [0.2, 0.25) is 5.91 Å². The Morgan fingerprint density at radius 1 is 1.09 bits per heavy atom. The van der Waals surface area contributed by atoms with E-state index in [2.05, 4.69) is 9.97 Å². The molecule has 3 heterocycles. The summed E-state index contributed by atoms with van der Waals surface area (Å²) in [5, 5.41) is 12.3. The lowest BCUT2D eigenvalue weighted by Crippen LogP contribution is -2.40. The van der Waals surface area contributed by atoms with E-state index in [1.807, 2.05) is 0 Å². The number of aromatic nitrogens is 2. The van der Waals surface area contributed by atoms with Gasteiger partial charge in [-0.05, 0) is 68.8 Å². The Labute approximate surface area is 252 Å². The molecular formula is C33H31FN4O6. The average Bonchev–Trinajstić information content (AvgIpc) is 3.71. The van der Waals surface area contributed by atoms with Crippen LogP contribution in [0.4, 0.5) is 4.39 Å². The van der Waals surface area contributed by atoms with Crippen LogP contribution >= 0.6 is 0 Å². The third-order valence-corrected chi connectivity index (χ3v) is 8.58.